The van der Waals surface area contributed by atoms with E-state index < -0.39 is 0 Å². The molecule has 24 heavy (non-hydrogen) atoms. The molecule has 7 nitrogen and oxygen atoms in total. The molecule has 0 unspecified atom stereocenters. The first kappa shape index (κ1) is 16.7. The van der Waals surface area contributed by atoms with Crippen LogP contribution in [0, 0.1) is 5.92 Å². The van der Waals surface area contributed by atoms with Crippen LogP contribution in [0.25, 0.3) is 5.65 Å². The lowest BCUT2D eigenvalue weighted by Gasteiger charge is -2.34. The molecule has 2 aromatic rings. The van der Waals surface area contributed by atoms with Gasteiger partial charge in [-0.15, -0.1) is 10.2 Å². The van der Waals surface area contributed by atoms with Crippen LogP contribution in [0.15, 0.2) is 12.4 Å². The number of piperidine rings is 1. The Labute approximate surface area is 142 Å². The minimum atomic E-state index is 0.222. The van der Waals surface area contributed by atoms with Gasteiger partial charge < -0.3 is 9.80 Å². The predicted molar refractivity (Wildman–Crippen MR) is 93.1 cm³/mol. The van der Waals surface area contributed by atoms with Crippen LogP contribution in [0.2, 0.25) is 0 Å². The van der Waals surface area contributed by atoms with Gasteiger partial charge in [-0.1, -0.05) is 13.8 Å². The molecule has 0 aliphatic carbocycles. The van der Waals surface area contributed by atoms with Crippen molar-refractivity contribution < 1.29 is 4.79 Å². The van der Waals surface area contributed by atoms with Gasteiger partial charge in [-0.05, 0) is 30.7 Å². The van der Waals surface area contributed by atoms with Crippen molar-refractivity contribution in [3.05, 3.63) is 18.1 Å². The number of aromatic nitrogens is 4. The molecule has 1 saturated heterocycles. The predicted octanol–water partition coefficient (Wildman–Crippen LogP) is 1.94. The van der Waals surface area contributed by atoms with Crippen molar-refractivity contribution in [3.8, 4) is 0 Å². The van der Waals surface area contributed by atoms with E-state index in [1.54, 1.807) is 15.7 Å². The van der Waals surface area contributed by atoms with Gasteiger partial charge in [0.15, 0.2) is 0 Å². The second kappa shape index (κ2) is 6.75. The van der Waals surface area contributed by atoms with Gasteiger partial charge in [-0.2, -0.15) is 9.61 Å². The molecule has 0 spiro atoms. The second-order valence-electron chi connectivity index (χ2n) is 7.13. The average Bonchev–Trinajstić information content (AvgIpc) is 3.03. The van der Waals surface area contributed by atoms with E-state index in [1.165, 1.54) is 0 Å². The highest BCUT2D eigenvalue weighted by Crippen LogP contribution is 2.29. The van der Waals surface area contributed by atoms with E-state index in [2.05, 4.69) is 40.1 Å². The zero-order valence-corrected chi connectivity index (χ0v) is 14.9. The molecule has 0 saturated carbocycles. The molecule has 3 rings (SSSR count). The summed E-state index contributed by atoms with van der Waals surface area (Å²) >= 11 is 0. The van der Waals surface area contributed by atoms with Crippen LogP contribution in [0.4, 0.5) is 5.69 Å². The van der Waals surface area contributed by atoms with Crippen molar-refractivity contribution in [1.82, 2.24) is 24.7 Å². The highest BCUT2D eigenvalue weighted by Gasteiger charge is 2.24. The van der Waals surface area contributed by atoms with Gasteiger partial charge in [-0.3, -0.25) is 4.79 Å². The molecule has 3 heterocycles. The number of rotatable bonds is 4. The maximum atomic E-state index is 11.9. The molecule has 1 aliphatic rings. The lowest BCUT2D eigenvalue weighted by molar-refractivity contribution is -0.129. The number of carbonyl (C=O) groups excluding carboxylic acids is 1. The normalized spacial score (nSPS) is 16.1. The molecular weight excluding hydrogens is 304 g/mol. The van der Waals surface area contributed by atoms with Crippen LogP contribution < -0.4 is 4.90 Å². The quantitative estimate of drug-likeness (QED) is 0.857. The molecule has 1 aliphatic heterocycles. The summed E-state index contributed by atoms with van der Waals surface area (Å²) in [5.41, 5.74) is 2.95. The summed E-state index contributed by atoms with van der Waals surface area (Å²) in [4.78, 5) is 15.9. The third-order valence-corrected chi connectivity index (χ3v) is 4.78. The molecule has 2 aromatic heterocycles. The van der Waals surface area contributed by atoms with Crippen molar-refractivity contribution in [1.29, 1.82) is 0 Å². The Balaban J connectivity index is 1.75. The SMILES string of the molecule is CC(C)c1cc(N2CCC(CC(=O)N(C)C)CC2)c2nncn2n1. The molecule has 0 N–H and O–H groups in total. The third-order valence-electron chi connectivity index (χ3n) is 4.78. The summed E-state index contributed by atoms with van der Waals surface area (Å²) in [5.74, 6) is 1.04. The molecule has 0 atom stereocenters. The maximum absolute atomic E-state index is 11.9. The van der Waals surface area contributed by atoms with E-state index in [1.807, 2.05) is 14.1 Å². The van der Waals surface area contributed by atoms with Crippen LogP contribution in [-0.2, 0) is 4.79 Å². The van der Waals surface area contributed by atoms with Gasteiger partial charge in [0.25, 0.3) is 0 Å². The summed E-state index contributed by atoms with van der Waals surface area (Å²) in [5, 5.41) is 12.8. The van der Waals surface area contributed by atoms with Crippen LogP contribution in [0.5, 0.6) is 0 Å². The minimum absolute atomic E-state index is 0.222. The topological polar surface area (TPSA) is 66.6 Å². The van der Waals surface area contributed by atoms with E-state index in [9.17, 15) is 4.79 Å². The Morgan fingerprint density at radius 3 is 2.67 bits per heavy atom. The number of nitrogens with zero attached hydrogens (tertiary/aromatic N) is 6. The Kier molecular flexibility index (Phi) is 4.69. The first-order valence-electron chi connectivity index (χ1n) is 8.61. The third kappa shape index (κ3) is 3.34. The largest absolute Gasteiger partial charge is 0.368 e. The van der Waals surface area contributed by atoms with Crippen molar-refractivity contribution in [2.24, 2.45) is 5.92 Å². The summed E-state index contributed by atoms with van der Waals surface area (Å²) in [6.07, 6.45) is 4.36. The Morgan fingerprint density at radius 2 is 2.04 bits per heavy atom. The Hall–Kier alpha value is -2.18. The van der Waals surface area contributed by atoms with E-state index >= 15 is 0 Å². The highest BCUT2D eigenvalue weighted by atomic mass is 16.2. The number of hydrogen-bond acceptors (Lipinski definition) is 5. The zero-order chi connectivity index (χ0) is 17.3. The number of carbonyl (C=O) groups is 1. The molecule has 130 valence electrons. The summed E-state index contributed by atoms with van der Waals surface area (Å²) in [7, 11) is 3.65. The summed E-state index contributed by atoms with van der Waals surface area (Å²) in [6.45, 7) is 6.16. The number of fused-ring (bicyclic) bond motifs is 1. The van der Waals surface area contributed by atoms with Crippen molar-refractivity contribution in [2.75, 3.05) is 32.1 Å². The average molecular weight is 330 g/mol. The molecule has 1 amide bonds. The minimum Gasteiger partial charge on any atom is -0.368 e. The summed E-state index contributed by atoms with van der Waals surface area (Å²) in [6, 6.07) is 2.14. The van der Waals surface area contributed by atoms with Gasteiger partial charge in [0.1, 0.15) is 6.33 Å². The van der Waals surface area contributed by atoms with Gasteiger partial charge in [0, 0.05) is 33.6 Å². The number of anilines is 1. The van der Waals surface area contributed by atoms with Crippen molar-refractivity contribution in [3.63, 3.8) is 0 Å². The molecular formula is C17H26N6O. The fourth-order valence-electron chi connectivity index (χ4n) is 3.15. The first-order valence-corrected chi connectivity index (χ1v) is 8.61. The van der Waals surface area contributed by atoms with Gasteiger partial charge in [-0.25, -0.2) is 0 Å². The summed E-state index contributed by atoms with van der Waals surface area (Å²) < 4.78 is 1.77. The van der Waals surface area contributed by atoms with E-state index in [4.69, 9.17) is 0 Å². The molecule has 7 heteroatoms. The number of hydrogen-bond donors (Lipinski definition) is 0. The molecule has 0 bridgehead atoms. The molecule has 1 fully saturated rings. The monoisotopic (exact) mass is 330 g/mol. The van der Waals surface area contributed by atoms with Crippen LogP contribution >= 0.6 is 0 Å². The second-order valence-corrected chi connectivity index (χ2v) is 7.13. The molecule has 0 aromatic carbocycles. The van der Waals surface area contributed by atoms with Gasteiger partial charge >= 0.3 is 0 Å². The first-order chi connectivity index (χ1) is 11.5. The maximum Gasteiger partial charge on any atom is 0.222 e. The van der Waals surface area contributed by atoms with E-state index in [-0.39, 0.29) is 5.91 Å². The lowest BCUT2D eigenvalue weighted by atomic mass is 9.92. The van der Waals surface area contributed by atoms with Crippen LogP contribution in [-0.4, -0.2) is 57.8 Å². The lowest BCUT2D eigenvalue weighted by Crippen LogP contribution is -2.36. The molecule has 0 radical (unpaired) electrons. The van der Waals surface area contributed by atoms with Crippen molar-refractivity contribution >= 4 is 17.2 Å². The van der Waals surface area contributed by atoms with E-state index in [0.717, 1.165) is 43.0 Å². The van der Waals surface area contributed by atoms with Crippen LogP contribution in [0.3, 0.4) is 0 Å². The Morgan fingerprint density at radius 1 is 1.33 bits per heavy atom. The van der Waals surface area contributed by atoms with Gasteiger partial charge in [0.2, 0.25) is 11.6 Å². The highest BCUT2D eigenvalue weighted by molar-refractivity contribution is 5.76. The zero-order valence-electron chi connectivity index (χ0n) is 14.9. The van der Waals surface area contributed by atoms with Crippen LogP contribution in [0.1, 0.15) is 44.7 Å². The standard InChI is InChI=1S/C17H26N6O/c1-12(2)14-10-15(17-19-18-11-23(17)20-14)22-7-5-13(6-8-22)9-16(24)21(3)4/h10-13H,5-9H2,1-4H3. The fraction of sp³-hybridized carbons (Fsp3) is 0.647. The Bertz CT molecular complexity index is 715. The smallest absolute Gasteiger partial charge is 0.222 e. The van der Waals surface area contributed by atoms with E-state index in [0.29, 0.717) is 18.3 Å². The van der Waals surface area contributed by atoms with Crippen molar-refractivity contribution in [2.45, 2.75) is 39.0 Å². The fourth-order valence-corrected chi connectivity index (χ4v) is 3.15. The number of amides is 1. The van der Waals surface area contributed by atoms with Gasteiger partial charge in [0.05, 0.1) is 11.4 Å².